The topological polar surface area (TPSA) is 29.5 Å². The van der Waals surface area contributed by atoms with Gasteiger partial charge in [0.2, 0.25) is 0 Å². The van der Waals surface area contributed by atoms with Crippen LogP contribution >= 0.6 is 12.4 Å². The Morgan fingerprint density at radius 2 is 1.82 bits per heavy atom. The minimum Gasteiger partial charge on any atom is -0.494 e. The van der Waals surface area contributed by atoms with Gasteiger partial charge in [0, 0.05) is 12.1 Å². The lowest BCUT2D eigenvalue weighted by Crippen LogP contribution is -2.15. The van der Waals surface area contributed by atoms with Crippen LogP contribution in [0.5, 0.6) is 5.75 Å². The van der Waals surface area contributed by atoms with E-state index in [0.717, 1.165) is 24.3 Å². The second kappa shape index (κ2) is 8.09. The molecule has 0 saturated carbocycles. The molecule has 0 unspecified atom stereocenters. The molecule has 0 bridgehead atoms. The van der Waals surface area contributed by atoms with Gasteiger partial charge in [-0.05, 0) is 51.7 Å². The summed E-state index contributed by atoms with van der Waals surface area (Å²) in [4.78, 5) is 13.2. The number of carbonyl (C=O) groups is 1. The summed E-state index contributed by atoms with van der Waals surface area (Å²) in [6.45, 7) is 3.29. The molecule has 0 aliphatic carbocycles. The molecule has 0 fully saturated rings. The Kier molecular flexibility index (Phi) is 7.59. The summed E-state index contributed by atoms with van der Waals surface area (Å²) in [5.41, 5.74) is 0.723. The maximum absolute atomic E-state index is 11.0. The largest absolute Gasteiger partial charge is 0.494 e. The summed E-state index contributed by atoms with van der Waals surface area (Å²) in [6.07, 6.45) is 1.00. The van der Waals surface area contributed by atoms with Crippen molar-refractivity contribution in [1.82, 2.24) is 4.90 Å². The van der Waals surface area contributed by atoms with Crippen LogP contribution in [0.1, 0.15) is 23.7 Å². The van der Waals surface area contributed by atoms with E-state index in [1.807, 2.05) is 26.2 Å². The predicted molar refractivity (Wildman–Crippen MR) is 72.4 cm³/mol. The maximum atomic E-state index is 11.0. The predicted octanol–water partition coefficient (Wildman–Crippen LogP) is 2.64. The van der Waals surface area contributed by atoms with E-state index < -0.39 is 0 Å². The van der Waals surface area contributed by atoms with Gasteiger partial charge in [0.05, 0.1) is 6.61 Å². The summed E-state index contributed by atoms with van der Waals surface area (Å²) in [7, 11) is 4.09. The van der Waals surface area contributed by atoms with Gasteiger partial charge in [-0.3, -0.25) is 4.79 Å². The van der Waals surface area contributed by atoms with E-state index in [0.29, 0.717) is 6.61 Å². The first kappa shape index (κ1) is 15.9. The molecular formula is C13H20ClNO2. The molecule has 0 aliphatic rings. The van der Waals surface area contributed by atoms with E-state index in [-0.39, 0.29) is 18.2 Å². The van der Waals surface area contributed by atoms with Gasteiger partial charge >= 0.3 is 0 Å². The van der Waals surface area contributed by atoms with E-state index in [9.17, 15) is 4.79 Å². The molecule has 0 heterocycles. The van der Waals surface area contributed by atoms with Crippen LogP contribution in [0.3, 0.4) is 0 Å². The second-order valence-electron chi connectivity index (χ2n) is 4.09. The molecule has 96 valence electrons. The highest BCUT2D eigenvalue weighted by molar-refractivity contribution is 5.94. The maximum Gasteiger partial charge on any atom is 0.159 e. The number of carbonyl (C=O) groups excluding carboxylic acids is 1. The van der Waals surface area contributed by atoms with E-state index in [1.165, 1.54) is 0 Å². The third kappa shape index (κ3) is 6.29. The molecule has 3 nitrogen and oxygen atoms in total. The van der Waals surface area contributed by atoms with Crippen molar-refractivity contribution in [2.24, 2.45) is 0 Å². The Balaban J connectivity index is 0.00000256. The van der Waals surface area contributed by atoms with Crippen molar-refractivity contribution in [3.05, 3.63) is 29.8 Å². The lowest BCUT2D eigenvalue weighted by molar-refractivity contribution is 0.101. The molecule has 1 aromatic carbocycles. The summed E-state index contributed by atoms with van der Waals surface area (Å²) in [5, 5.41) is 0. The molecule has 0 aromatic heterocycles. The fraction of sp³-hybridized carbons (Fsp3) is 0.462. The lowest BCUT2D eigenvalue weighted by Gasteiger charge is -2.10. The molecule has 0 radical (unpaired) electrons. The van der Waals surface area contributed by atoms with Crippen LogP contribution in [0.25, 0.3) is 0 Å². The van der Waals surface area contributed by atoms with Crippen molar-refractivity contribution >= 4 is 18.2 Å². The van der Waals surface area contributed by atoms with Crippen molar-refractivity contribution < 1.29 is 9.53 Å². The van der Waals surface area contributed by atoms with Crippen LogP contribution in [-0.4, -0.2) is 37.9 Å². The zero-order valence-electron chi connectivity index (χ0n) is 10.6. The molecular weight excluding hydrogens is 238 g/mol. The number of ether oxygens (including phenoxy) is 1. The summed E-state index contributed by atoms with van der Waals surface area (Å²) in [5.74, 6) is 0.905. The summed E-state index contributed by atoms with van der Waals surface area (Å²) >= 11 is 0. The minimum atomic E-state index is 0. The number of halogens is 1. The number of hydrogen-bond acceptors (Lipinski definition) is 3. The fourth-order valence-electron chi connectivity index (χ4n) is 1.36. The van der Waals surface area contributed by atoms with Crippen molar-refractivity contribution in [2.75, 3.05) is 27.2 Å². The van der Waals surface area contributed by atoms with Crippen LogP contribution in [0, 0.1) is 0 Å². The smallest absolute Gasteiger partial charge is 0.159 e. The Morgan fingerprint density at radius 3 is 2.29 bits per heavy atom. The van der Waals surface area contributed by atoms with Crippen molar-refractivity contribution in [3.8, 4) is 5.75 Å². The van der Waals surface area contributed by atoms with Gasteiger partial charge in [0.1, 0.15) is 5.75 Å². The molecule has 1 rings (SSSR count). The number of hydrogen-bond donors (Lipinski definition) is 0. The molecule has 0 amide bonds. The Labute approximate surface area is 109 Å². The van der Waals surface area contributed by atoms with Crippen LogP contribution in [0.15, 0.2) is 24.3 Å². The summed E-state index contributed by atoms with van der Waals surface area (Å²) < 4.78 is 5.55. The van der Waals surface area contributed by atoms with Gasteiger partial charge in [-0.1, -0.05) is 0 Å². The van der Waals surface area contributed by atoms with E-state index in [4.69, 9.17) is 4.74 Å². The number of Topliss-reactive ketones (excluding diaryl/α,β-unsaturated/α-hetero) is 1. The standard InChI is InChI=1S/C13H19NO2.ClH/c1-11(15)12-5-7-13(8-6-12)16-10-4-9-14(2)3;/h5-8H,4,9-10H2,1-3H3;1H. The van der Waals surface area contributed by atoms with Gasteiger partial charge in [-0.25, -0.2) is 0 Å². The highest BCUT2D eigenvalue weighted by Crippen LogP contribution is 2.12. The van der Waals surface area contributed by atoms with Crippen molar-refractivity contribution in [3.63, 3.8) is 0 Å². The molecule has 0 aliphatic heterocycles. The van der Waals surface area contributed by atoms with Gasteiger partial charge in [-0.2, -0.15) is 0 Å². The van der Waals surface area contributed by atoms with Gasteiger partial charge < -0.3 is 9.64 Å². The molecule has 1 aromatic rings. The monoisotopic (exact) mass is 257 g/mol. The fourth-order valence-corrected chi connectivity index (χ4v) is 1.36. The Hall–Kier alpha value is -1.06. The lowest BCUT2D eigenvalue weighted by atomic mass is 10.1. The minimum absolute atomic E-state index is 0. The molecule has 4 heteroatoms. The number of nitrogens with zero attached hydrogens (tertiary/aromatic N) is 1. The summed E-state index contributed by atoms with van der Waals surface area (Å²) in [6, 6.07) is 7.27. The third-order valence-corrected chi connectivity index (χ3v) is 2.28. The van der Waals surface area contributed by atoms with E-state index >= 15 is 0 Å². The SMILES string of the molecule is CC(=O)c1ccc(OCCCN(C)C)cc1.Cl. The van der Waals surface area contributed by atoms with Crippen molar-refractivity contribution in [1.29, 1.82) is 0 Å². The van der Waals surface area contributed by atoms with Gasteiger partial charge in [0.25, 0.3) is 0 Å². The first-order chi connectivity index (χ1) is 7.59. The van der Waals surface area contributed by atoms with E-state index in [1.54, 1.807) is 19.1 Å². The van der Waals surface area contributed by atoms with Crippen LogP contribution in [-0.2, 0) is 0 Å². The zero-order valence-corrected chi connectivity index (χ0v) is 11.4. The van der Waals surface area contributed by atoms with Crippen LogP contribution in [0.4, 0.5) is 0 Å². The molecule has 17 heavy (non-hydrogen) atoms. The molecule has 0 spiro atoms. The average Bonchev–Trinajstić information content (AvgIpc) is 2.25. The second-order valence-corrected chi connectivity index (χ2v) is 4.09. The number of rotatable bonds is 6. The van der Waals surface area contributed by atoms with E-state index in [2.05, 4.69) is 4.90 Å². The Bertz CT molecular complexity index is 336. The highest BCUT2D eigenvalue weighted by atomic mass is 35.5. The normalized spacial score (nSPS) is 9.88. The van der Waals surface area contributed by atoms with Gasteiger partial charge in [0.15, 0.2) is 5.78 Å². The first-order valence-corrected chi connectivity index (χ1v) is 5.48. The molecule has 0 saturated heterocycles. The van der Waals surface area contributed by atoms with Crippen LogP contribution in [0.2, 0.25) is 0 Å². The van der Waals surface area contributed by atoms with Crippen LogP contribution < -0.4 is 4.74 Å². The number of benzene rings is 1. The Morgan fingerprint density at radius 1 is 1.24 bits per heavy atom. The molecule has 0 N–H and O–H groups in total. The van der Waals surface area contributed by atoms with Gasteiger partial charge in [-0.15, -0.1) is 12.4 Å². The molecule has 0 atom stereocenters. The zero-order chi connectivity index (χ0) is 12.0. The highest BCUT2D eigenvalue weighted by Gasteiger charge is 1.99. The third-order valence-electron chi connectivity index (χ3n) is 2.28. The first-order valence-electron chi connectivity index (χ1n) is 5.48. The average molecular weight is 258 g/mol. The van der Waals surface area contributed by atoms with Crippen molar-refractivity contribution in [2.45, 2.75) is 13.3 Å². The number of ketones is 1. The quantitative estimate of drug-likeness (QED) is 0.580.